The SMILES string of the molecule is Cc1ccc(C)c(-n2c(S[C@H](C)C(=O)Nc3ccc(Cl)cc3Cl)nnc2-c2ccccc2Cl)c1. The molecule has 9 heteroatoms. The normalized spacial score (nSPS) is 11.9. The lowest BCUT2D eigenvalue weighted by atomic mass is 10.1. The molecule has 0 fully saturated rings. The Hall–Kier alpha value is -2.51. The largest absolute Gasteiger partial charge is 0.324 e. The first-order chi connectivity index (χ1) is 16.2. The van der Waals surface area contributed by atoms with Crippen molar-refractivity contribution < 1.29 is 4.79 Å². The molecule has 4 aromatic rings. The van der Waals surface area contributed by atoms with Gasteiger partial charge in [0.05, 0.1) is 26.7 Å². The Morgan fingerprint density at radius 1 is 0.971 bits per heavy atom. The number of anilines is 1. The van der Waals surface area contributed by atoms with Crippen LogP contribution in [0.2, 0.25) is 15.1 Å². The Morgan fingerprint density at radius 2 is 1.74 bits per heavy atom. The zero-order valence-electron chi connectivity index (χ0n) is 18.6. The lowest BCUT2D eigenvalue weighted by Gasteiger charge is -2.16. The maximum Gasteiger partial charge on any atom is 0.237 e. The van der Waals surface area contributed by atoms with E-state index < -0.39 is 5.25 Å². The average Bonchev–Trinajstić information content (AvgIpc) is 3.20. The van der Waals surface area contributed by atoms with Gasteiger partial charge < -0.3 is 5.32 Å². The number of rotatable bonds is 6. The molecular formula is C25H21Cl3N4OS. The second-order valence-corrected chi connectivity index (χ2v) is 10.3. The van der Waals surface area contributed by atoms with Crippen LogP contribution in [0.25, 0.3) is 17.1 Å². The van der Waals surface area contributed by atoms with Crippen molar-refractivity contribution in [2.75, 3.05) is 5.32 Å². The van der Waals surface area contributed by atoms with Gasteiger partial charge in [-0.2, -0.15) is 0 Å². The first kappa shape index (κ1) is 24.6. The predicted molar refractivity (Wildman–Crippen MR) is 142 cm³/mol. The van der Waals surface area contributed by atoms with Crippen molar-refractivity contribution >= 4 is 58.2 Å². The van der Waals surface area contributed by atoms with Gasteiger partial charge in [-0.15, -0.1) is 10.2 Å². The van der Waals surface area contributed by atoms with E-state index in [9.17, 15) is 4.79 Å². The van der Waals surface area contributed by atoms with Crippen LogP contribution in [-0.4, -0.2) is 25.9 Å². The molecule has 174 valence electrons. The number of thioether (sulfide) groups is 1. The van der Waals surface area contributed by atoms with Gasteiger partial charge in [-0.1, -0.05) is 70.8 Å². The number of nitrogens with one attached hydrogen (secondary N) is 1. The summed E-state index contributed by atoms with van der Waals surface area (Å²) in [6.07, 6.45) is 0. The van der Waals surface area contributed by atoms with E-state index >= 15 is 0 Å². The van der Waals surface area contributed by atoms with Gasteiger partial charge in [0.25, 0.3) is 0 Å². The Morgan fingerprint density at radius 3 is 2.47 bits per heavy atom. The molecule has 5 nitrogen and oxygen atoms in total. The molecule has 4 rings (SSSR count). The fourth-order valence-corrected chi connectivity index (χ4v) is 4.91. The first-order valence-corrected chi connectivity index (χ1v) is 12.5. The molecule has 0 saturated heterocycles. The summed E-state index contributed by atoms with van der Waals surface area (Å²) < 4.78 is 1.95. The Labute approximate surface area is 217 Å². The second-order valence-electron chi connectivity index (χ2n) is 7.78. The maximum atomic E-state index is 13.0. The summed E-state index contributed by atoms with van der Waals surface area (Å²) in [7, 11) is 0. The van der Waals surface area contributed by atoms with Crippen LogP contribution >= 0.6 is 46.6 Å². The summed E-state index contributed by atoms with van der Waals surface area (Å²) in [5.41, 5.74) is 4.32. The highest BCUT2D eigenvalue weighted by Gasteiger charge is 2.24. The van der Waals surface area contributed by atoms with Crippen molar-refractivity contribution in [1.29, 1.82) is 0 Å². The van der Waals surface area contributed by atoms with Gasteiger partial charge in [0.15, 0.2) is 11.0 Å². The van der Waals surface area contributed by atoms with E-state index in [1.54, 1.807) is 25.1 Å². The highest BCUT2D eigenvalue weighted by Crippen LogP contribution is 2.35. The fraction of sp³-hybridized carbons (Fsp3) is 0.160. The molecule has 0 aliphatic carbocycles. The average molecular weight is 532 g/mol. The second kappa shape index (κ2) is 10.4. The third-order valence-electron chi connectivity index (χ3n) is 5.19. The Balaban J connectivity index is 1.71. The van der Waals surface area contributed by atoms with E-state index in [1.807, 2.05) is 48.7 Å². The van der Waals surface area contributed by atoms with Crippen LogP contribution in [0.15, 0.2) is 65.8 Å². The molecule has 1 amide bonds. The first-order valence-electron chi connectivity index (χ1n) is 10.4. The molecule has 0 saturated carbocycles. The summed E-state index contributed by atoms with van der Waals surface area (Å²) in [6, 6.07) is 18.6. The number of hydrogen-bond donors (Lipinski definition) is 1. The molecule has 1 heterocycles. The van der Waals surface area contributed by atoms with Crippen molar-refractivity contribution in [3.05, 3.63) is 86.9 Å². The smallest absolute Gasteiger partial charge is 0.237 e. The number of aromatic nitrogens is 3. The van der Waals surface area contributed by atoms with Crippen molar-refractivity contribution in [3.8, 4) is 17.1 Å². The molecular weight excluding hydrogens is 511 g/mol. The van der Waals surface area contributed by atoms with E-state index in [0.717, 1.165) is 22.4 Å². The van der Waals surface area contributed by atoms with E-state index in [4.69, 9.17) is 34.8 Å². The van der Waals surface area contributed by atoms with Crippen LogP contribution in [0.5, 0.6) is 0 Å². The third kappa shape index (κ3) is 5.26. The molecule has 1 aromatic heterocycles. The molecule has 0 aliphatic heterocycles. The summed E-state index contributed by atoms with van der Waals surface area (Å²) >= 11 is 20.0. The third-order valence-corrected chi connectivity index (χ3v) is 7.11. The van der Waals surface area contributed by atoms with Gasteiger partial charge in [0.2, 0.25) is 5.91 Å². The van der Waals surface area contributed by atoms with Crippen molar-refractivity contribution in [1.82, 2.24) is 14.8 Å². The monoisotopic (exact) mass is 530 g/mol. The minimum atomic E-state index is -0.487. The molecule has 0 aliphatic rings. The summed E-state index contributed by atoms with van der Waals surface area (Å²) in [5.74, 6) is 0.388. The van der Waals surface area contributed by atoms with Gasteiger partial charge >= 0.3 is 0 Å². The maximum absolute atomic E-state index is 13.0. The quantitative estimate of drug-likeness (QED) is 0.260. The van der Waals surface area contributed by atoms with E-state index in [0.29, 0.717) is 31.7 Å². The number of halogens is 3. The molecule has 1 N–H and O–H groups in total. The highest BCUT2D eigenvalue weighted by molar-refractivity contribution is 8.00. The van der Waals surface area contributed by atoms with Crippen LogP contribution in [0.1, 0.15) is 18.1 Å². The van der Waals surface area contributed by atoms with Crippen molar-refractivity contribution in [2.24, 2.45) is 0 Å². The van der Waals surface area contributed by atoms with Crippen LogP contribution in [0.4, 0.5) is 5.69 Å². The van der Waals surface area contributed by atoms with E-state index in [2.05, 4.69) is 27.6 Å². The molecule has 1 atom stereocenters. The van der Waals surface area contributed by atoms with Gasteiger partial charge in [-0.25, -0.2) is 0 Å². The minimum absolute atomic E-state index is 0.218. The number of aryl methyl sites for hydroxylation is 2. The Bertz CT molecular complexity index is 1370. The Kier molecular flexibility index (Phi) is 7.53. The molecule has 0 bridgehead atoms. The number of amides is 1. The van der Waals surface area contributed by atoms with Crippen molar-refractivity contribution in [2.45, 2.75) is 31.2 Å². The van der Waals surface area contributed by atoms with Gasteiger partial charge in [-0.3, -0.25) is 9.36 Å². The van der Waals surface area contributed by atoms with Gasteiger partial charge in [-0.05, 0) is 68.3 Å². The van der Waals surface area contributed by atoms with E-state index in [-0.39, 0.29) is 5.91 Å². The number of benzene rings is 3. The predicted octanol–water partition coefficient (Wildman–Crippen LogP) is 7.63. The molecule has 3 aromatic carbocycles. The molecule has 0 radical (unpaired) electrons. The number of hydrogen-bond acceptors (Lipinski definition) is 4. The summed E-state index contributed by atoms with van der Waals surface area (Å²) in [5, 5.41) is 13.3. The highest BCUT2D eigenvalue weighted by atomic mass is 35.5. The van der Waals surface area contributed by atoms with Crippen LogP contribution in [0, 0.1) is 13.8 Å². The van der Waals surface area contributed by atoms with Crippen LogP contribution < -0.4 is 5.32 Å². The fourth-order valence-electron chi connectivity index (χ4n) is 3.38. The van der Waals surface area contributed by atoms with Gasteiger partial charge in [0.1, 0.15) is 0 Å². The minimum Gasteiger partial charge on any atom is -0.324 e. The lowest BCUT2D eigenvalue weighted by molar-refractivity contribution is -0.115. The summed E-state index contributed by atoms with van der Waals surface area (Å²) in [6.45, 7) is 5.86. The van der Waals surface area contributed by atoms with Gasteiger partial charge in [0, 0.05) is 10.6 Å². The van der Waals surface area contributed by atoms with Crippen LogP contribution in [0.3, 0.4) is 0 Å². The lowest BCUT2D eigenvalue weighted by Crippen LogP contribution is -2.23. The number of carbonyl (C=O) groups is 1. The molecule has 0 spiro atoms. The topological polar surface area (TPSA) is 59.8 Å². The van der Waals surface area contributed by atoms with Crippen molar-refractivity contribution in [3.63, 3.8) is 0 Å². The number of carbonyl (C=O) groups excluding carboxylic acids is 1. The zero-order chi connectivity index (χ0) is 24.4. The molecule has 0 unspecified atom stereocenters. The van der Waals surface area contributed by atoms with Crippen LogP contribution in [-0.2, 0) is 4.79 Å². The molecule has 34 heavy (non-hydrogen) atoms. The summed E-state index contributed by atoms with van der Waals surface area (Å²) in [4.78, 5) is 13.0. The zero-order valence-corrected chi connectivity index (χ0v) is 21.7. The standard InChI is InChI=1S/C25H21Cl3N4OS/c1-14-8-9-15(2)22(12-14)32-23(18-6-4-5-7-19(18)27)30-31-25(32)34-16(3)24(33)29-21-11-10-17(26)13-20(21)28/h4-13,16H,1-3H3,(H,29,33)/t16-/m1/s1. The van der Waals surface area contributed by atoms with E-state index in [1.165, 1.54) is 11.8 Å². The number of nitrogens with zero attached hydrogens (tertiary/aromatic N) is 3.